The first-order valence-corrected chi connectivity index (χ1v) is 4.74. The highest BCUT2D eigenvalue weighted by molar-refractivity contribution is 5.94. The van der Waals surface area contributed by atoms with Gasteiger partial charge in [-0.2, -0.15) is 0 Å². The molecule has 0 unspecified atom stereocenters. The molecule has 0 saturated heterocycles. The molecule has 1 amide bonds. The Kier molecular flexibility index (Phi) is 4.13. The second kappa shape index (κ2) is 5.40. The lowest BCUT2D eigenvalue weighted by atomic mass is 10.0. The number of aliphatic hydroxyl groups is 1. The molecule has 0 spiro atoms. The molecule has 0 heterocycles. The molecule has 3 heteroatoms. The molecule has 1 rings (SSSR count). The summed E-state index contributed by atoms with van der Waals surface area (Å²) in [4.78, 5) is 11.0. The van der Waals surface area contributed by atoms with Crippen LogP contribution >= 0.6 is 0 Å². The minimum absolute atomic E-state index is 0.193. The first kappa shape index (κ1) is 10.7. The van der Waals surface area contributed by atoms with Crippen molar-refractivity contribution in [3.05, 3.63) is 35.4 Å². The Hall–Kier alpha value is -1.35. The first-order valence-electron chi connectivity index (χ1n) is 4.74. The van der Waals surface area contributed by atoms with Gasteiger partial charge in [0.15, 0.2) is 0 Å². The lowest BCUT2D eigenvalue weighted by Crippen LogP contribution is -2.13. The molecule has 0 aliphatic rings. The number of hydrogen-bond acceptors (Lipinski definition) is 2. The molecule has 1 aromatic rings. The van der Waals surface area contributed by atoms with Crippen LogP contribution in [0.1, 0.15) is 28.8 Å². The topological polar surface area (TPSA) is 63.3 Å². The zero-order valence-electron chi connectivity index (χ0n) is 8.07. The van der Waals surface area contributed by atoms with E-state index in [9.17, 15) is 4.79 Å². The van der Waals surface area contributed by atoms with Crippen LogP contribution in [-0.4, -0.2) is 17.6 Å². The van der Waals surface area contributed by atoms with Crippen LogP contribution < -0.4 is 5.73 Å². The Morgan fingerprint density at radius 1 is 1.29 bits per heavy atom. The summed E-state index contributed by atoms with van der Waals surface area (Å²) in [6, 6.07) is 7.32. The zero-order chi connectivity index (χ0) is 10.4. The second-order valence-electron chi connectivity index (χ2n) is 3.20. The van der Waals surface area contributed by atoms with E-state index in [0.717, 1.165) is 24.8 Å². The van der Waals surface area contributed by atoms with Crippen molar-refractivity contribution in [1.29, 1.82) is 0 Å². The highest BCUT2D eigenvalue weighted by Crippen LogP contribution is 2.11. The number of primary amides is 1. The van der Waals surface area contributed by atoms with Gasteiger partial charge in [-0.05, 0) is 30.9 Å². The van der Waals surface area contributed by atoms with E-state index < -0.39 is 0 Å². The molecular weight excluding hydrogens is 178 g/mol. The lowest BCUT2D eigenvalue weighted by molar-refractivity contribution is 0.0999. The third-order valence-corrected chi connectivity index (χ3v) is 2.14. The van der Waals surface area contributed by atoms with Crippen molar-refractivity contribution in [3.63, 3.8) is 0 Å². The van der Waals surface area contributed by atoms with Gasteiger partial charge in [0, 0.05) is 12.2 Å². The van der Waals surface area contributed by atoms with Crippen molar-refractivity contribution in [3.8, 4) is 0 Å². The summed E-state index contributed by atoms with van der Waals surface area (Å²) < 4.78 is 0. The highest BCUT2D eigenvalue weighted by atomic mass is 16.2. The molecule has 0 aromatic heterocycles. The van der Waals surface area contributed by atoms with E-state index in [0.29, 0.717) is 5.56 Å². The molecule has 3 nitrogen and oxygen atoms in total. The van der Waals surface area contributed by atoms with Crippen LogP contribution in [0.4, 0.5) is 0 Å². The number of carbonyl (C=O) groups is 1. The van der Waals surface area contributed by atoms with Gasteiger partial charge in [0.1, 0.15) is 0 Å². The summed E-state index contributed by atoms with van der Waals surface area (Å²) in [5, 5.41) is 8.63. The summed E-state index contributed by atoms with van der Waals surface area (Å²) in [7, 11) is 0. The van der Waals surface area contributed by atoms with Crippen molar-refractivity contribution in [1.82, 2.24) is 0 Å². The molecule has 14 heavy (non-hydrogen) atoms. The quantitative estimate of drug-likeness (QED) is 0.688. The molecule has 0 bridgehead atoms. The van der Waals surface area contributed by atoms with Gasteiger partial charge in [-0.3, -0.25) is 4.79 Å². The lowest BCUT2D eigenvalue weighted by Gasteiger charge is -2.05. The van der Waals surface area contributed by atoms with Crippen LogP contribution in [-0.2, 0) is 6.42 Å². The number of amides is 1. The number of aliphatic hydroxyl groups excluding tert-OH is 1. The molecule has 0 fully saturated rings. The number of hydrogen-bond donors (Lipinski definition) is 2. The molecule has 0 aliphatic heterocycles. The summed E-state index contributed by atoms with van der Waals surface area (Å²) in [6.45, 7) is 0.193. The summed E-state index contributed by atoms with van der Waals surface area (Å²) in [6.07, 6.45) is 2.42. The van der Waals surface area contributed by atoms with Crippen molar-refractivity contribution in [2.24, 2.45) is 5.73 Å². The maximum atomic E-state index is 11.0. The van der Waals surface area contributed by atoms with Gasteiger partial charge >= 0.3 is 0 Å². The fourth-order valence-electron chi connectivity index (χ4n) is 1.41. The maximum absolute atomic E-state index is 11.0. The number of benzene rings is 1. The molecule has 1 aromatic carbocycles. The summed E-state index contributed by atoms with van der Waals surface area (Å²) in [5.41, 5.74) is 6.79. The Bertz CT molecular complexity index is 310. The van der Waals surface area contributed by atoms with E-state index in [2.05, 4.69) is 0 Å². The van der Waals surface area contributed by atoms with E-state index in [1.165, 1.54) is 0 Å². The summed E-state index contributed by atoms with van der Waals surface area (Å²) in [5.74, 6) is -0.385. The van der Waals surface area contributed by atoms with Crippen LogP contribution in [0.25, 0.3) is 0 Å². The van der Waals surface area contributed by atoms with Gasteiger partial charge in [-0.15, -0.1) is 0 Å². The van der Waals surface area contributed by atoms with Crippen LogP contribution in [0.5, 0.6) is 0 Å². The average molecular weight is 193 g/mol. The second-order valence-corrected chi connectivity index (χ2v) is 3.20. The third kappa shape index (κ3) is 2.85. The van der Waals surface area contributed by atoms with Crippen molar-refractivity contribution >= 4 is 5.91 Å². The number of nitrogens with two attached hydrogens (primary N) is 1. The van der Waals surface area contributed by atoms with Crippen molar-refractivity contribution in [2.45, 2.75) is 19.3 Å². The van der Waals surface area contributed by atoms with Gasteiger partial charge < -0.3 is 10.8 Å². The zero-order valence-corrected chi connectivity index (χ0v) is 8.07. The van der Waals surface area contributed by atoms with Gasteiger partial charge in [-0.25, -0.2) is 0 Å². The normalized spacial score (nSPS) is 10.1. The van der Waals surface area contributed by atoms with Gasteiger partial charge in [0.05, 0.1) is 0 Å². The monoisotopic (exact) mass is 193 g/mol. The fraction of sp³-hybridized carbons (Fsp3) is 0.364. The Balaban J connectivity index is 2.69. The largest absolute Gasteiger partial charge is 0.396 e. The van der Waals surface area contributed by atoms with E-state index in [1.807, 2.05) is 12.1 Å². The smallest absolute Gasteiger partial charge is 0.248 e. The van der Waals surface area contributed by atoms with E-state index in [1.54, 1.807) is 12.1 Å². The number of aryl methyl sites for hydroxylation is 1. The van der Waals surface area contributed by atoms with E-state index in [4.69, 9.17) is 10.8 Å². The van der Waals surface area contributed by atoms with Crippen LogP contribution in [0.15, 0.2) is 24.3 Å². The van der Waals surface area contributed by atoms with Crippen molar-refractivity contribution < 1.29 is 9.90 Å². The number of rotatable bonds is 5. The highest BCUT2D eigenvalue weighted by Gasteiger charge is 2.05. The first-order chi connectivity index (χ1) is 6.75. The van der Waals surface area contributed by atoms with E-state index >= 15 is 0 Å². The third-order valence-electron chi connectivity index (χ3n) is 2.14. The minimum Gasteiger partial charge on any atom is -0.396 e. The Morgan fingerprint density at radius 3 is 2.64 bits per heavy atom. The van der Waals surface area contributed by atoms with Gasteiger partial charge in [-0.1, -0.05) is 18.2 Å². The SMILES string of the molecule is NC(=O)c1ccccc1CCCCO. The maximum Gasteiger partial charge on any atom is 0.248 e. The van der Waals surface area contributed by atoms with Gasteiger partial charge in [0.2, 0.25) is 5.91 Å². The molecule has 3 N–H and O–H groups in total. The minimum atomic E-state index is -0.385. The Labute approximate surface area is 83.6 Å². The standard InChI is InChI=1S/C11H15NO2/c12-11(14)10-7-2-1-5-9(10)6-3-4-8-13/h1-2,5,7,13H,3-4,6,8H2,(H2,12,14). The molecule has 0 atom stereocenters. The van der Waals surface area contributed by atoms with Crippen LogP contribution in [0.2, 0.25) is 0 Å². The molecular formula is C11H15NO2. The van der Waals surface area contributed by atoms with Crippen molar-refractivity contribution in [2.75, 3.05) is 6.61 Å². The number of carbonyl (C=O) groups excluding carboxylic acids is 1. The average Bonchev–Trinajstić information content (AvgIpc) is 2.19. The summed E-state index contributed by atoms with van der Waals surface area (Å²) >= 11 is 0. The number of unbranched alkanes of at least 4 members (excludes halogenated alkanes) is 1. The van der Waals surface area contributed by atoms with E-state index in [-0.39, 0.29) is 12.5 Å². The molecule has 0 radical (unpaired) electrons. The van der Waals surface area contributed by atoms with Crippen LogP contribution in [0, 0.1) is 0 Å². The fourth-order valence-corrected chi connectivity index (χ4v) is 1.41. The van der Waals surface area contributed by atoms with Crippen LogP contribution in [0.3, 0.4) is 0 Å². The molecule has 0 aliphatic carbocycles. The molecule has 76 valence electrons. The van der Waals surface area contributed by atoms with Gasteiger partial charge in [0.25, 0.3) is 0 Å². The Morgan fingerprint density at radius 2 is 2.00 bits per heavy atom. The predicted molar refractivity (Wildman–Crippen MR) is 55.0 cm³/mol. The predicted octanol–water partition coefficient (Wildman–Crippen LogP) is 1.10. The molecule has 0 saturated carbocycles.